The molecule has 166 valence electrons. The SMILES string of the molecule is O=C(c1cnn(-c2ccc(S(=O)(=O)N3CCCC3)cc2[N+](=O)[O-])c1)c1cc(F)ccc1O. The first-order chi connectivity index (χ1) is 15.2. The van der Waals surface area contributed by atoms with Crippen LogP contribution in [-0.4, -0.2) is 51.4 Å². The minimum absolute atomic E-state index is 0.0473. The third-order valence-electron chi connectivity index (χ3n) is 5.14. The Hall–Kier alpha value is -3.64. The van der Waals surface area contributed by atoms with E-state index >= 15 is 0 Å². The van der Waals surface area contributed by atoms with Crippen LogP contribution in [0.3, 0.4) is 0 Å². The Balaban J connectivity index is 1.71. The number of hydrogen-bond donors (Lipinski definition) is 1. The second-order valence-electron chi connectivity index (χ2n) is 7.18. The Kier molecular flexibility index (Phi) is 5.48. The smallest absolute Gasteiger partial charge is 0.296 e. The highest BCUT2D eigenvalue weighted by molar-refractivity contribution is 7.89. The Morgan fingerprint density at radius 1 is 1.16 bits per heavy atom. The molecule has 0 aliphatic carbocycles. The van der Waals surface area contributed by atoms with Crippen molar-refractivity contribution in [2.24, 2.45) is 0 Å². The van der Waals surface area contributed by atoms with Gasteiger partial charge in [-0.3, -0.25) is 14.9 Å². The van der Waals surface area contributed by atoms with Crippen LogP contribution in [0.4, 0.5) is 10.1 Å². The summed E-state index contributed by atoms with van der Waals surface area (Å²) in [5, 5.41) is 25.4. The molecule has 3 aromatic rings. The molecule has 4 rings (SSSR count). The number of rotatable bonds is 6. The Labute approximate surface area is 181 Å². The zero-order valence-electron chi connectivity index (χ0n) is 16.5. The van der Waals surface area contributed by atoms with Crippen molar-refractivity contribution in [1.82, 2.24) is 14.1 Å². The molecule has 0 bridgehead atoms. The van der Waals surface area contributed by atoms with E-state index < -0.39 is 38.0 Å². The van der Waals surface area contributed by atoms with Crippen LogP contribution < -0.4 is 0 Å². The summed E-state index contributed by atoms with van der Waals surface area (Å²) in [6.07, 6.45) is 3.75. The van der Waals surface area contributed by atoms with Gasteiger partial charge in [0.1, 0.15) is 17.3 Å². The van der Waals surface area contributed by atoms with Crippen LogP contribution in [0, 0.1) is 15.9 Å². The number of aromatic nitrogens is 2. The molecule has 1 aliphatic heterocycles. The van der Waals surface area contributed by atoms with Crippen LogP contribution in [0.15, 0.2) is 53.7 Å². The lowest BCUT2D eigenvalue weighted by molar-refractivity contribution is -0.384. The number of sulfonamides is 1. The zero-order valence-corrected chi connectivity index (χ0v) is 17.3. The van der Waals surface area contributed by atoms with Crippen LogP contribution in [0.2, 0.25) is 0 Å². The zero-order chi connectivity index (χ0) is 23.0. The van der Waals surface area contributed by atoms with E-state index in [1.807, 2.05) is 0 Å². The molecule has 1 aliphatic rings. The number of carbonyl (C=O) groups is 1. The highest BCUT2D eigenvalue weighted by Gasteiger charge is 2.30. The fourth-order valence-electron chi connectivity index (χ4n) is 3.50. The fraction of sp³-hybridized carbons (Fsp3) is 0.200. The van der Waals surface area contributed by atoms with Crippen molar-refractivity contribution >= 4 is 21.5 Å². The number of nitro benzene ring substituents is 1. The number of phenols is 1. The van der Waals surface area contributed by atoms with Crippen molar-refractivity contribution in [1.29, 1.82) is 0 Å². The predicted molar refractivity (Wildman–Crippen MR) is 110 cm³/mol. The molecule has 1 aromatic heterocycles. The van der Waals surface area contributed by atoms with Crippen molar-refractivity contribution in [2.45, 2.75) is 17.7 Å². The van der Waals surface area contributed by atoms with Crippen LogP contribution in [0.5, 0.6) is 5.75 Å². The van der Waals surface area contributed by atoms with Crippen molar-refractivity contribution in [3.05, 3.63) is 75.9 Å². The van der Waals surface area contributed by atoms with Gasteiger partial charge in [-0.05, 0) is 43.2 Å². The van der Waals surface area contributed by atoms with Crippen LogP contribution in [-0.2, 0) is 10.0 Å². The van der Waals surface area contributed by atoms with E-state index in [2.05, 4.69) is 5.10 Å². The summed E-state index contributed by atoms with van der Waals surface area (Å²) in [6, 6.07) is 6.35. The van der Waals surface area contributed by atoms with Crippen molar-refractivity contribution in [2.75, 3.05) is 13.1 Å². The summed E-state index contributed by atoms with van der Waals surface area (Å²) in [7, 11) is -3.86. The van der Waals surface area contributed by atoms with Gasteiger partial charge in [-0.25, -0.2) is 17.5 Å². The topological polar surface area (TPSA) is 136 Å². The standard InChI is InChI=1S/C20H17FN4O6S/c21-14-3-6-19(26)16(9-14)20(27)13-11-22-24(12-13)17-5-4-15(10-18(17)25(28)29)32(30,31)23-7-1-2-8-23/h3-6,9-12,26H,1-2,7-8H2. The Morgan fingerprint density at radius 2 is 1.88 bits per heavy atom. The van der Waals surface area contributed by atoms with E-state index in [1.54, 1.807) is 0 Å². The highest BCUT2D eigenvalue weighted by atomic mass is 32.2. The van der Waals surface area contributed by atoms with Crippen LogP contribution in [0.25, 0.3) is 5.69 Å². The molecule has 0 amide bonds. The first kappa shape index (κ1) is 21.6. The summed E-state index contributed by atoms with van der Waals surface area (Å²) in [4.78, 5) is 23.3. The lowest BCUT2D eigenvalue weighted by Gasteiger charge is -2.15. The number of benzene rings is 2. The summed E-state index contributed by atoms with van der Waals surface area (Å²) >= 11 is 0. The van der Waals surface area contributed by atoms with Gasteiger partial charge in [0.25, 0.3) is 5.69 Å². The summed E-state index contributed by atoms with van der Waals surface area (Å²) in [5.41, 5.74) is -0.904. The van der Waals surface area contributed by atoms with Crippen LogP contribution in [0.1, 0.15) is 28.8 Å². The lowest BCUT2D eigenvalue weighted by Crippen LogP contribution is -2.27. The van der Waals surface area contributed by atoms with E-state index in [1.165, 1.54) is 22.6 Å². The molecule has 0 radical (unpaired) electrons. The molecule has 12 heteroatoms. The fourth-order valence-corrected chi connectivity index (χ4v) is 5.04. The average Bonchev–Trinajstić information content (AvgIpc) is 3.47. The van der Waals surface area contributed by atoms with Gasteiger partial charge in [-0.2, -0.15) is 9.40 Å². The number of ketones is 1. The summed E-state index contributed by atoms with van der Waals surface area (Å²) in [5.74, 6) is -1.88. The van der Waals surface area contributed by atoms with E-state index in [-0.39, 0.29) is 21.7 Å². The maximum absolute atomic E-state index is 13.5. The van der Waals surface area contributed by atoms with E-state index in [0.717, 1.165) is 48.0 Å². The van der Waals surface area contributed by atoms with Gasteiger partial charge in [0.15, 0.2) is 5.78 Å². The number of phenolic OH excluding ortho intramolecular Hbond substituents is 1. The molecule has 1 fully saturated rings. The molecular weight excluding hydrogens is 443 g/mol. The summed E-state index contributed by atoms with van der Waals surface area (Å²) < 4.78 is 41.3. The maximum Gasteiger partial charge on any atom is 0.296 e. The van der Waals surface area contributed by atoms with Crippen LogP contribution >= 0.6 is 0 Å². The molecule has 1 saturated heterocycles. The minimum atomic E-state index is -3.86. The van der Waals surface area contributed by atoms with Gasteiger partial charge >= 0.3 is 0 Å². The van der Waals surface area contributed by atoms with Gasteiger partial charge in [-0.15, -0.1) is 0 Å². The molecule has 10 nitrogen and oxygen atoms in total. The van der Waals surface area contributed by atoms with E-state index in [9.17, 15) is 32.8 Å². The molecule has 0 atom stereocenters. The van der Waals surface area contributed by atoms with Gasteiger partial charge < -0.3 is 5.11 Å². The second kappa shape index (κ2) is 8.13. The molecule has 2 heterocycles. The van der Waals surface area contributed by atoms with Gasteiger partial charge in [0, 0.05) is 25.4 Å². The highest BCUT2D eigenvalue weighted by Crippen LogP contribution is 2.29. The number of nitro groups is 1. The molecule has 2 aromatic carbocycles. The molecular formula is C20H17FN4O6S. The normalized spacial score (nSPS) is 14.5. The predicted octanol–water partition coefficient (Wildman–Crippen LogP) is 2.64. The largest absolute Gasteiger partial charge is 0.507 e. The molecule has 1 N–H and O–H groups in total. The first-order valence-electron chi connectivity index (χ1n) is 9.55. The lowest BCUT2D eigenvalue weighted by atomic mass is 10.1. The van der Waals surface area contributed by atoms with Crippen molar-refractivity contribution < 1.29 is 27.6 Å². The monoisotopic (exact) mass is 460 g/mol. The van der Waals surface area contributed by atoms with Crippen molar-refractivity contribution in [3.8, 4) is 11.4 Å². The number of halogens is 1. The molecule has 0 spiro atoms. The quantitative estimate of drug-likeness (QED) is 0.339. The molecule has 32 heavy (non-hydrogen) atoms. The third-order valence-corrected chi connectivity index (χ3v) is 7.04. The first-order valence-corrected chi connectivity index (χ1v) is 11.0. The third kappa shape index (κ3) is 3.85. The maximum atomic E-state index is 13.5. The van der Waals surface area contributed by atoms with Gasteiger partial charge in [0.05, 0.1) is 27.1 Å². The Bertz CT molecular complexity index is 1330. The average molecular weight is 460 g/mol. The van der Waals surface area contributed by atoms with E-state index in [4.69, 9.17) is 0 Å². The minimum Gasteiger partial charge on any atom is -0.507 e. The number of hydrogen-bond acceptors (Lipinski definition) is 7. The molecule has 0 unspecified atom stereocenters. The summed E-state index contributed by atoms with van der Waals surface area (Å²) in [6.45, 7) is 0.713. The second-order valence-corrected chi connectivity index (χ2v) is 9.12. The van der Waals surface area contributed by atoms with Gasteiger partial charge in [-0.1, -0.05) is 0 Å². The van der Waals surface area contributed by atoms with Crippen molar-refractivity contribution in [3.63, 3.8) is 0 Å². The number of carbonyl (C=O) groups excluding carboxylic acids is 1. The molecule has 0 saturated carbocycles. The number of nitrogens with zero attached hydrogens (tertiary/aromatic N) is 4. The number of aromatic hydroxyl groups is 1. The Morgan fingerprint density at radius 3 is 2.56 bits per heavy atom. The van der Waals surface area contributed by atoms with E-state index in [0.29, 0.717) is 13.1 Å². The van der Waals surface area contributed by atoms with Gasteiger partial charge in [0.2, 0.25) is 10.0 Å².